The second-order valence-corrected chi connectivity index (χ2v) is 7.32. The molecule has 0 aliphatic carbocycles. The van der Waals surface area contributed by atoms with Gasteiger partial charge in [0, 0.05) is 18.4 Å². The predicted molar refractivity (Wildman–Crippen MR) is 123 cm³/mol. The van der Waals surface area contributed by atoms with Gasteiger partial charge in [-0.25, -0.2) is 0 Å². The number of ether oxygens (including phenoxy) is 2. The van der Waals surface area contributed by atoms with Crippen molar-refractivity contribution in [1.82, 2.24) is 4.98 Å². The highest BCUT2D eigenvalue weighted by molar-refractivity contribution is 5.61. The van der Waals surface area contributed by atoms with E-state index in [4.69, 9.17) is 9.47 Å². The molecule has 0 amide bonds. The molecule has 0 radical (unpaired) electrons. The number of hydrogen-bond acceptors (Lipinski definition) is 3. The first-order valence-electron chi connectivity index (χ1n) is 10.8. The molecule has 1 unspecified atom stereocenters. The average Bonchev–Trinajstić information content (AvgIpc) is 2.76. The summed E-state index contributed by atoms with van der Waals surface area (Å²) in [5.74, 6) is 0.842. The summed E-state index contributed by atoms with van der Waals surface area (Å²) in [6.45, 7) is 9.47. The maximum absolute atomic E-state index is 5.84. The zero-order chi connectivity index (χ0) is 20.7. The lowest BCUT2D eigenvalue weighted by atomic mass is 10.1. The molecular formula is C26H35NO2. The number of allylic oxidation sites excluding steroid dienone is 1. The number of rotatable bonds is 14. The first-order chi connectivity index (χ1) is 14.2. The third kappa shape index (κ3) is 9.10. The Balaban J connectivity index is 1.72. The molecular weight excluding hydrogens is 358 g/mol. The fraction of sp³-hybridized carbons (Fsp3) is 0.423. The summed E-state index contributed by atoms with van der Waals surface area (Å²) in [4.78, 5) is 4.59. The molecule has 1 aromatic carbocycles. The number of aromatic nitrogens is 1. The van der Waals surface area contributed by atoms with Crippen LogP contribution < -0.4 is 4.74 Å². The van der Waals surface area contributed by atoms with E-state index in [0.717, 1.165) is 48.4 Å². The van der Waals surface area contributed by atoms with Crippen LogP contribution in [0.4, 0.5) is 0 Å². The van der Waals surface area contributed by atoms with Crippen molar-refractivity contribution in [3.8, 4) is 17.0 Å². The molecule has 0 bridgehead atoms. The summed E-state index contributed by atoms with van der Waals surface area (Å²) in [6, 6.07) is 12.2. The number of hydrogen-bond donors (Lipinski definition) is 0. The van der Waals surface area contributed by atoms with Gasteiger partial charge in [0.2, 0.25) is 0 Å². The van der Waals surface area contributed by atoms with E-state index in [1.54, 1.807) is 6.08 Å². The molecule has 1 aromatic heterocycles. The number of pyridine rings is 1. The van der Waals surface area contributed by atoms with E-state index in [9.17, 15) is 0 Å². The van der Waals surface area contributed by atoms with Crippen LogP contribution >= 0.6 is 0 Å². The highest BCUT2D eigenvalue weighted by Crippen LogP contribution is 2.21. The minimum absolute atomic E-state index is 0.356. The first kappa shape index (κ1) is 22.9. The highest BCUT2D eigenvalue weighted by Gasteiger charge is 2.02. The van der Waals surface area contributed by atoms with Gasteiger partial charge in [-0.2, -0.15) is 0 Å². The molecule has 3 heteroatoms. The molecule has 0 aliphatic heterocycles. The largest absolute Gasteiger partial charge is 0.490 e. The van der Waals surface area contributed by atoms with Gasteiger partial charge in [0.1, 0.15) is 12.4 Å². The third-order valence-electron chi connectivity index (χ3n) is 4.75. The van der Waals surface area contributed by atoms with Gasteiger partial charge >= 0.3 is 0 Å². The van der Waals surface area contributed by atoms with Gasteiger partial charge in [-0.15, -0.1) is 0 Å². The molecule has 0 N–H and O–H groups in total. The van der Waals surface area contributed by atoms with Crippen LogP contribution in [0.2, 0.25) is 0 Å². The number of unbranched alkanes of at least 4 members (excludes halogenated alkanes) is 3. The Labute approximate surface area is 176 Å². The van der Waals surface area contributed by atoms with Crippen molar-refractivity contribution in [2.24, 2.45) is 0 Å². The summed E-state index contributed by atoms with van der Waals surface area (Å²) in [7, 11) is 0. The quantitative estimate of drug-likeness (QED) is 0.253. The summed E-state index contributed by atoms with van der Waals surface area (Å²) in [6.07, 6.45) is 15.4. The number of nitrogens with zero attached hydrogens (tertiary/aromatic N) is 1. The Morgan fingerprint density at radius 1 is 1.07 bits per heavy atom. The normalized spacial score (nSPS) is 12.2. The van der Waals surface area contributed by atoms with Crippen molar-refractivity contribution >= 4 is 6.08 Å². The number of benzene rings is 1. The van der Waals surface area contributed by atoms with Gasteiger partial charge in [-0.1, -0.05) is 50.6 Å². The molecule has 0 fully saturated rings. The Morgan fingerprint density at radius 3 is 2.59 bits per heavy atom. The lowest BCUT2D eigenvalue weighted by Gasteiger charge is -2.11. The van der Waals surface area contributed by atoms with Crippen LogP contribution in [0.1, 0.15) is 57.9 Å². The van der Waals surface area contributed by atoms with Crippen LogP contribution in [0.25, 0.3) is 17.3 Å². The Hall–Kier alpha value is -2.39. The summed E-state index contributed by atoms with van der Waals surface area (Å²) in [5.41, 5.74) is 3.18. The van der Waals surface area contributed by atoms with Crippen molar-refractivity contribution < 1.29 is 9.47 Å². The second kappa shape index (κ2) is 13.7. The van der Waals surface area contributed by atoms with Crippen LogP contribution in [-0.2, 0) is 4.74 Å². The van der Waals surface area contributed by atoms with Crippen LogP contribution in [0.3, 0.4) is 0 Å². The molecule has 156 valence electrons. The summed E-state index contributed by atoms with van der Waals surface area (Å²) in [5, 5.41) is 0. The van der Waals surface area contributed by atoms with Crippen molar-refractivity contribution in [2.45, 2.75) is 58.5 Å². The molecule has 3 nitrogen and oxygen atoms in total. The lowest BCUT2D eigenvalue weighted by Crippen LogP contribution is -2.08. The van der Waals surface area contributed by atoms with Gasteiger partial charge in [-0.3, -0.25) is 4.98 Å². The topological polar surface area (TPSA) is 31.4 Å². The average molecular weight is 394 g/mol. The van der Waals surface area contributed by atoms with Crippen molar-refractivity contribution in [3.05, 3.63) is 66.9 Å². The molecule has 0 saturated heterocycles. The van der Waals surface area contributed by atoms with Gasteiger partial charge in [0.25, 0.3) is 0 Å². The second-order valence-electron chi connectivity index (χ2n) is 7.32. The lowest BCUT2D eigenvalue weighted by molar-refractivity contribution is 0.0566. The van der Waals surface area contributed by atoms with E-state index < -0.39 is 0 Å². The fourth-order valence-electron chi connectivity index (χ4n) is 3.01. The highest BCUT2D eigenvalue weighted by atomic mass is 16.5. The molecule has 2 rings (SSSR count). The Bertz CT molecular complexity index is 719. The summed E-state index contributed by atoms with van der Waals surface area (Å²) >= 11 is 0. The van der Waals surface area contributed by atoms with Crippen molar-refractivity contribution in [2.75, 3.05) is 13.2 Å². The zero-order valence-corrected chi connectivity index (χ0v) is 18.0. The van der Waals surface area contributed by atoms with Crippen molar-refractivity contribution in [1.29, 1.82) is 0 Å². The maximum Gasteiger partial charge on any atom is 0.119 e. The van der Waals surface area contributed by atoms with Crippen LogP contribution in [0, 0.1) is 0 Å². The minimum atomic E-state index is 0.356. The van der Waals surface area contributed by atoms with Crippen LogP contribution in [0.5, 0.6) is 5.75 Å². The first-order valence-corrected chi connectivity index (χ1v) is 10.8. The van der Waals surface area contributed by atoms with Crippen LogP contribution in [-0.4, -0.2) is 24.3 Å². The van der Waals surface area contributed by atoms with Gasteiger partial charge < -0.3 is 9.47 Å². The fourth-order valence-corrected chi connectivity index (χ4v) is 3.01. The van der Waals surface area contributed by atoms with E-state index in [-0.39, 0.29) is 0 Å². The van der Waals surface area contributed by atoms with E-state index >= 15 is 0 Å². The van der Waals surface area contributed by atoms with Gasteiger partial charge in [0.15, 0.2) is 0 Å². The molecule has 0 aliphatic rings. The summed E-state index contributed by atoms with van der Waals surface area (Å²) < 4.78 is 11.4. The molecule has 2 aromatic rings. The van der Waals surface area contributed by atoms with Gasteiger partial charge in [0.05, 0.1) is 11.8 Å². The van der Waals surface area contributed by atoms with E-state index in [1.807, 2.05) is 30.5 Å². The molecule has 1 atom stereocenters. The van der Waals surface area contributed by atoms with E-state index in [1.165, 1.54) is 19.3 Å². The molecule has 29 heavy (non-hydrogen) atoms. The predicted octanol–water partition coefficient (Wildman–Crippen LogP) is 7.09. The Kier molecular flexibility index (Phi) is 10.8. The SMILES string of the molecule is C=CCOc1ccc(-c2ccc(C=CCCCC(C)OCCCCC)cn2)cc1. The van der Waals surface area contributed by atoms with E-state index in [0.29, 0.717) is 12.7 Å². The molecule has 0 spiro atoms. The Morgan fingerprint density at radius 2 is 1.90 bits per heavy atom. The molecule has 1 heterocycles. The molecule has 0 saturated carbocycles. The van der Waals surface area contributed by atoms with Crippen LogP contribution in [0.15, 0.2) is 61.3 Å². The minimum Gasteiger partial charge on any atom is -0.490 e. The van der Waals surface area contributed by atoms with E-state index in [2.05, 4.69) is 49.7 Å². The monoisotopic (exact) mass is 393 g/mol. The standard InChI is InChI=1S/C26H35NO2/c1-4-6-10-20-28-22(3)11-8-7-9-12-23-13-18-26(27-21-23)24-14-16-25(17-15-24)29-19-5-2/h5,9,12-18,21-22H,2,4,6-8,10-11,19-20H2,1,3H3. The van der Waals surface area contributed by atoms with Crippen molar-refractivity contribution in [3.63, 3.8) is 0 Å². The van der Waals surface area contributed by atoms with Gasteiger partial charge in [-0.05, 0) is 68.5 Å². The zero-order valence-electron chi connectivity index (χ0n) is 18.0. The third-order valence-corrected chi connectivity index (χ3v) is 4.75. The maximum atomic E-state index is 5.84. The smallest absolute Gasteiger partial charge is 0.119 e.